The molecule has 0 spiro atoms. The Morgan fingerprint density at radius 1 is 1.33 bits per heavy atom. The Balaban J connectivity index is 2.52. The molecule has 1 aromatic rings. The Bertz CT molecular complexity index is 305. The molecule has 0 unspecified atom stereocenters. The van der Waals surface area contributed by atoms with Crippen LogP contribution in [0, 0.1) is 5.82 Å². The summed E-state index contributed by atoms with van der Waals surface area (Å²) in [5.41, 5.74) is 0.801. The van der Waals surface area contributed by atoms with Gasteiger partial charge in [0, 0.05) is 26.3 Å². The first kappa shape index (κ1) is 11.8. The van der Waals surface area contributed by atoms with E-state index in [1.54, 1.807) is 13.2 Å². The van der Waals surface area contributed by atoms with Gasteiger partial charge in [0.15, 0.2) is 0 Å². The smallest absolute Gasteiger partial charge is 0.144 e. The number of rotatable bonds is 6. The van der Waals surface area contributed by atoms with Crippen LogP contribution < -0.4 is 10.1 Å². The summed E-state index contributed by atoms with van der Waals surface area (Å²) in [4.78, 5) is 0. The van der Waals surface area contributed by atoms with Gasteiger partial charge in [0.1, 0.15) is 11.6 Å². The minimum atomic E-state index is -0.297. The van der Waals surface area contributed by atoms with Gasteiger partial charge in [-0.3, -0.25) is 0 Å². The molecule has 0 saturated heterocycles. The van der Waals surface area contributed by atoms with Crippen LogP contribution in [0.4, 0.5) is 10.1 Å². The number of anilines is 1. The number of hydrogen-bond donors (Lipinski definition) is 1. The first-order valence-corrected chi connectivity index (χ1v) is 4.84. The van der Waals surface area contributed by atoms with Gasteiger partial charge in [-0.1, -0.05) is 0 Å². The quantitative estimate of drug-likeness (QED) is 0.735. The molecule has 0 atom stereocenters. The fraction of sp³-hybridized carbons (Fsp3) is 0.455. The molecule has 0 aromatic heterocycles. The van der Waals surface area contributed by atoms with Crippen molar-refractivity contribution in [3.8, 4) is 5.75 Å². The van der Waals surface area contributed by atoms with Crippen LogP contribution in [0.25, 0.3) is 0 Å². The second-order valence-electron chi connectivity index (χ2n) is 3.12. The molecule has 0 heterocycles. The summed E-state index contributed by atoms with van der Waals surface area (Å²) in [7, 11) is 3.19. The van der Waals surface area contributed by atoms with E-state index >= 15 is 0 Å². The maximum atomic E-state index is 12.8. The number of benzene rings is 1. The number of halogens is 1. The van der Waals surface area contributed by atoms with Crippen LogP contribution in [0.5, 0.6) is 5.75 Å². The summed E-state index contributed by atoms with van der Waals surface area (Å²) < 4.78 is 22.8. The summed E-state index contributed by atoms with van der Waals surface area (Å²) >= 11 is 0. The van der Waals surface area contributed by atoms with E-state index in [2.05, 4.69) is 5.32 Å². The number of hydrogen-bond acceptors (Lipinski definition) is 3. The summed E-state index contributed by atoms with van der Waals surface area (Å²) in [6.07, 6.45) is 0.900. The zero-order valence-corrected chi connectivity index (χ0v) is 9.05. The fourth-order valence-corrected chi connectivity index (χ4v) is 1.25. The minimum absolute atomic E-state index is 0.297. The lowest BCUT2D eigenvalue weighted by Crippen LogP contribution is -2.05. The van der Waals surface area contributed by atoms with Crippen molar-refractivity contribution in [2.75, 3.05) is 32.7 Å². The van der Waals surface area contributed by atoms with E-state index in [1.807, 2.05) is 0 Å². The monoisotopic (exact) mass is 213 g/mol. The number of ether oxygens (including phenoxy) is 2. The Hall–Kier alpha value is -1.29. The van der Waals surface area contributed by atoms with Gasteiger partial charge in [-0.25, -0.2) is 4.39 Å². The maximum Gasteiger partial charge on any atom is 0.144 e. The molecule has 4 heteroatoms. The summed E-state index contributed by atoms with van der Waals surface area (Å²) in [6, 6.07) is 4.43. The van der Waals surface area contributed by atoms with E-state index in [-0.39, 0.29) is 5.82 Å². The number of methoxy groups -OCH3 is 2. The molecular weight excluding hydrogens is 197 g/mol. The van der Waals surface area contributed by atoms with Crippen LogP contribution in [-0.2, 0) is 4.74 Å². The van der Waals surface area contributed by atoms with Gasteiger partial charge in [0.05, 0.1) is 12.8 Å². The van der Waals surface area contributed by atoms with E-state index < -0.39 is 0 Å². The molecule has 0 bridgehead atoms. The first-order valence-electron chi connectivity index (χ1n) is 4.84. The van der Waals surface area contributed by atoms with Crippen LogP contribution in [0.2, 0.25) is 0 Å². The third-order valence-corrected chi connectivity index (χ3v) is 2.00. The van der Waals surface area contributed by atoms with Crippen molar-refractivity contribution in [3.05, 3.63) is 24.0 Å². The molecule has 1 rings (SSSR count). The SMILES string of the molecule is COCCCNc1ccc(F)cc1OC. The van der Waals surface area contributed by atoms with Gasteiger partial charge in [-0.05, 0) is 18.6 Å². The largest absolute Gasteiger partial charge is 0.494 e. The van der Waals surface area contributed by atoms with Crippen molar-refractivity contribution in [3.63, 3.8) is 0 Å². The van der Waals surface area contributed by atoms with Gasteiger partial charge in [-0.15, -0.1) is 0 Å². The summed E-state index contributed by atoms with van der Waals surface area (Å²) in [5.74, 6) is 0.224. The highest BCUT2D eigenvalue weighted by atomic mass is 19.1. The highest BCUT2D eigenvalue weighted by Gasteiger charge is 2.03. The Labute approximate surface area is 89.2 Å². The van der Waals surface area contributed by atoms with Crippen LogP contribution >= 0.6 is 0 Å². The van der Waals surface area contributed by atoms with Crippen LogP contribution in [0.1, 0.15) is 6.42 Å². The lowest BCUT2D eigenvalue weighted by Gasteiger charge is -2.10. The van der Waals surface area contributed by atoms with Gasteiger partial charge in [0.25, 0.3) is 0 Å². The molecular formula is C11H16FNO2. The zero-order valence-electron chi connectivity index (χ0n) is 9.05. The van der Waals surface area contributed by atoms with Crippen molar-refractivity contribution < 1.29 is 13.9 Å². The van der Waals surface area contributed by atoms with Crippen molar-refractivity contribution in [1.29, 1.82) is 0 Å². The molecule has 84 valence electrons. The second kappa shape index (κ2) is 6.24. The standard InChI is InChI=1S/C11H16FNO2/c1-14-7-3-6-13-10-5-4-9(12)8-11(10)15-2/h4-5,8,13H,3,6-7H2,1-2H3. The molecule has 0 radical (unpaired) electrons. The predicted octanol–water partition coefficient (Wildman–Crippen LogP) is 2.28. The molecule has 15 heavy (non-hydrogen) atoms. The zero-order chi connectivity index (χ0) is 11.1. The topological polar surface area (TPSA) is 30.5 Å². The Morgan fingerprint density at radius 3 is 2.80 bits per heavy atom. The minimum Gasteiger partial charge on any atom is -0.494 e. The molecule has 1 N–H and O–H groups in total. The van der Waals surface area contributed by atoms with Crippen molar-refractivity contribution in [2.45, 2.75) is 6.42 Å². The lowest BCUT2D eigenvalue weighted by atomic mass is 10.2. The average Bonchev–Trinajstić information content (AvgIpc) is 2.26. The molecule has 0 amide bonds. The van der Waals surface area contributed by atoms with E-state index in [0.29, 0.717) is 12.4 Å². The van der Waals surface area contributed by atoms with Crippen molar-refractivity contribution in [1.82, 2.24) is 0 Å². The van der Waals surface area contributed by atoms with Gasteiger partial charge in [-0.2, -0.15) is 0 Å². The van der Waals surface area contributed by atoms with Gasteiger partial charge < -0.3 is 14.8 Å². The van der Waals surface area contributed by atoms with E-state index in [9.17, 15) is 4.39 Å². The molecule has 0 aliphatic rings. The average molecular weight is 213 g/mol. The van der Waals surface area contributed by atoms with Crippen LogP contribution in [-0.4, -0.2) is 27.4 Å². The summed E-state index contributed by atoms with van der Waals surface area (Å²) in [5, 5.41) is 3.15. The second-order valence-corrected chi connectivity index (χ2v) is 3.12. The van der Waals surface area contributed by atoms with Gasteiger partial charge >= 0.3 is 0 Å². The molecule has 0 saturated carbocycles. The van der Waals surface area contributed by atoms with Crippen molar-refractivity contribution >= 4 is 5.69 Å². The fourth-order valence-electron chi connectivity index (χ4n) is 1.25. The molecule has 0 fully saturated rings. The highest BCUT2D eigenvalue weighted by Crippen LogP contribution is 2.24. The van der Waals surface area contributed by atoms with Crippen LogP contribution in [0.3, 0.4) is 0 Å². The lowest BCUT2D eigenvalue weighted by molar-refractivity contribution is 0.197. The molecule has 3 nitrogen and oxygen atoms in total. The Morgan fingerprint density at radius 2 is 2.13 bits per heavy atom. The maximum absolute atomic E-state index is 12.8. The molecule has 0 aliphatic carbocycles. The Kier molecular flexibility index (Phi) is 4.90. The third kappa shape index (κ3) is 3.75. The highest BCUT2D eigenvalue weighted by molar-refractivity contribution is 5.56. The first-order chi connectivity index (χ1) is 7.27. The van der Waals surface area contributed by atoms with E-state index in [4.69, 9.17) is 9.47 Å². The number of nitrogens with one attached hydrogen (secondary N) is 1. The molecule has 1 aromatic carbocycles. The van der Waals surface area contributed by atoms with E-state index in [0.717, 1.165) is 18.7 Å². The van der Waals surface area contributed by atoms with Crippen molar-refractivity contribution in [2.24, 2.45) is 0 Å². The third-order valence-electron chi connectivity index (χ3n) is 2.00. The molecule has 0 aliphatic heterocycles. The van der Waals surface area contributed by atoms with Gasteiger partial charge in [0.2, 0.25) is 0 Å². The predicted molar refractivity (Wildman–Crippen MR) is 57.9 cm³/mol. The van der Waals surface area contributed by atoms with E-state index in [1.165, 1.54) is 19.2 Å². The van der Waals surface area contributed by atoms with Crippen LogP contribution in [0.15, 0.2) is 18.2 Å². The summed E-state index contributed by atoms with van der Waals surface area (Å²) in [6.45, 7) is 1.48. The normalized spacial score (nSPS) is 10.1.